The number of hydrogen-bond donors (Lipinski definition) is 0. The van der Waals surface area contributed by atoms with Gasteiger partial charge in [0.1, 0.15) is 0 Å². The molecule has 0 spiro atoms. The average Bonchev–Trinajstić information content (AvgIpc) is 3.24. The minimum absolute atomic E-state index is 0.670. The van der Waals surface area contributed by atoms with Crippen LogP contribution in [0.5, 0.6) is 0 Å². The van der Waals surface area contributed by atoms with Crippen molar-refractivity contribution in [3.05, 3.63) is 96.0 Å². The fraction of sp³-hybridized carbons (Fsp3) is 0.100. The highest BCUT2D eigenvalue weighted by Gasteiger charge is 2.06. The van der Waals surface area contributed by atoms with Gasteiger partial charge in [-0.15, -0.1) is 0 Å². The van der Waals surface area contributed by atoms with Crippen LogP contribution in [0.3, 0.4) is 0 Å². The van der Waals surface area contributed by atoms with E-state index in [-0.39, 0.29) is 0 Å². The van der Waals surface area contributed by atoms with Crippen LogP contribution in [-0.4, -0.2) is 14.1 Å². The third-order valence-corrected chi connectivity index (χ3v) is 4.23. The zero-order valence-corrected chi connectivity index (χ0v) is 13.1. The number of imidazole rings is 1. The van der Waals surface area contributed by atoms with Crippen LogP contribution in [-0.2, 0) is 13.1 Å². The summed E-state index contributed by atoms with van der Waals surface area (Å²) in [5, 5.41) is 1.25. The maximum Gasteiger partial charge on any atom is 0.187 e. The molecule has 0 unspecified atom stereocenters. The summed E-state index contributed by atoms with van der Waals surface area (Å²) < 4.78 is 4.40. The van der Waals surface area contributed by atoms with E-state index in [0.717, 1.165) is 18.8 Å². The number of fused-ring (bicyclic) bond motifs is 1. The van der Waals surface area contributed by atoms with Crippen LogP contribution in [0.25, 0.3) is 15.7 Å². The third-order valence-electron chi connectivity index (χ3n) is 4.23. The molecule has 0 aliphatic heterocycles. The van der Waals surface area contributed by atoms with Crippen molar-refractivity contribution in [2.24, 2.45) is 0 Å². The van der Waals surface area contributed by atoms with E-state index >= 15 is 0 Å². The predicted octanol–water partition coefficient (Wildman–Crippen LogP) is 4.49. The molecule has 4 rings (SSSR count). The van der Waals surface area contributed by atoms with Gasteiger partial charge >= 0.3 is 0 Å². The Morgan fingerprint density at radius 3 is 2.58 bits per heavy atom. The summed E-state index contributed by atoms with van der Waals surface area (Å²) in [5.41, 5.74) is 4.22. The summed E-state index contributed by atoms with van der Waals surface area (Å²) in [6, 6.07) is 18.3. The molecule has 0 saturated carbocycles. The molecule has 0 atom stereocenters. The standard InChI is InChI=1S/C20H16N4/c1-21-18-8-6-16(7-9-18)13-24-15-22-12-19(24)14-23-11-10-17-4-2-3-5-20(17)23/h2-12,15H,13-14H2. The molecule has 0 aliphatic rings. The van der Waals surface area contributed by atoms with Crippen molar-refractivity contribution < 1.29 is 0 Å². The molecular weight excluding hydrogens is 296 g/mol. The van der Waals surface area contributed by atoms with E-state index in [9.17, 15) is 0 Å². The maximum absolute atomic E-state index is 7.03. The minimum Gasteiger partial charge on any atom is -0.341 e. The summed E-state index contributed by atoms with van der Waals surface area (Å²) in [6.07, 6.45) is 5.90. The number of nitrogens with zero attached hydrogens (tertiary/aromatic N) is 4. The molecule has 2 aromatic carbocycles. The molecule has 4 aromatic rings. The van der Waals surface area contributed by atoms with Crippen molar-refractivity contribution in [3.63, 3.8) is 0 Å². The van der Waals surface area contributed by atoms with E-state index in [2.05, 4.69) is 55.5 Å². The molecule has 0 N–H and O–H groups in total. The molecule has 116 valence electrons. The van der Waals surface area contributed by atoms with Crippen LogP contribution < -0.4 is 0 Å². The Bertz CT molecular complexity index is 1020. The second-order valence-electron chi connectivity index (χ2n) is 5.79. The van der Waals surface area contributed by atoms with Gasteiger partial charge in [-0.1, -0.05) is 42.5 Å². The van der Waals surface area contributed by atoms with Gasteiger partial charge in [0.05, 0.1) is 25.1 Å². The highest BCUT2D eigenvalue weighted by Crippen LogP contribution is 2.18. The van der Waals surface area contributed by atoms with Crippen molar-refractivity contribution in [1.82, 2.24) is 14.1 Å². The number of rotatable bonds is 4. The second kappa shape index (κ2) is 6.05. The van der Waals surface area contributed by atoms with Gasteiger partial charge in [0.2, 0.25) is 0 Å². The first-order valence-electron chi connectivity index (χ1n) is 7.83. The molecule has 2 aromatic heterocycles. The normalized spacial score (nSPS) is 10.8. The van der Waals surface area contributed by atoms with Gasteiger partial charge in [-0.25, -0.2) is 9.83 Å². The summed E-state index contributed by atoms with van der Waals surface area (Å²) in [7, 11) is 0. The largest absolute Gasteiger partial charge is 0.341 e. The Labute approximate surface area is 140 Å². The fourth-order valence-corrected chi connectivity index (χ4v) is 2.95. The van der Waals surface area contributed by atoms with Crippen molar-refractivity contribution in [1.29, 1.82) is 0 Å². The van der Waals surface area contributed by atoms with E-state index in [1.165, 1.54) is 16.5 Å². The van der Waals surface area contributed by atoms with E-state index in [4.69, 9.17) is 6.57 Å². The molecule has 0 amide bonds. The molecule has 4 nitrogen and oxygen atoms in total. The van der Waals surface area contributed by atoms with Gasteiger partial charge in [-0.3, -0.25) is 0 Å². The summed E-state index contributed by atoms with van der Waals surface area (Å²) in [5.74, 6) is 0. The van der Waals surface area contributed by atoms with Gasteiger partial charge in [0, 0.05) is 24.5 Å². The predicted molar refractivity (Wildman–Crippen MR) is 95.1 cm³/mol. The van der Waals surface area contributed by atoms with E-state index in [1.807, 2.05) is 36.8 Å². The van der Waals surface area contributed by atoms with Crippen LogP contribution >= 0.6 is 0 Å². The van der Waals surface area contributed by atoms with Crippen molar-refractivity contribution in [2.45, 2.75) is 13.1 Å². The zero-order valence-electron chi connectivity index (χ0n) is 13.1. The van der Waals surface area contributed by atoms with Crippen LogP contribution in [0.1, 0.15) is 11.3 Å². The van der Waals surface area contributed by atoms with Crippen molar-refractivity contribution >= 4 is 16.6 Å². The van der Waals surface area contributed by atoms with E-state index in [1.54, 1.807) is 0 Å². The zero-order chi connectivity index (χ0) is 16.4. The first-order chi connectivity index (χ1) is 11.8. The number of hydrogen-bond acceptors (Lipinski definition) is 1. The minimum atomic E-state index is 0.670. The molecule has 0 radical (unpaired) electrons. The third kappa shape index (κ3) is 2.68. The highest BCUT2D eigenvalue weighted by molar-refractivity contribution is 5.79. The van der Waals surface area contributed by atoms with Gasteiger partial charge < -0.3 is 9.13 Å². The topological polar surface area (TPSA) is 27.1 Å². The second-order valence-corrected chi connectivity index (χ2v) is 5.79. The Kier molecular flexibility index (Phi) is 3.60. The Hall–Kier alpha value is -3.32. The van der Waals surface area contributed by atoms with Gasteiger partial charge in [0.15, 0.2) is 5.69 Å². The van der Waals surface area contributed by atoms with E-state index in [0.29, 0.717) is 5.69 Å². The summed E-state index contributed by atoms with van der Waals surface area (Å²) >= 11 is 0. The molecule has 2 heterocycles. The number of aromatic nitrogens is 3. The first kappa shape index (κ1) is 14.3. The van der Waals surface area contributed by atoms with Crippen LogP contribution in [0.2, 0.25) is 0 Å². The molecule has 24 heavy (non-hydrogen) atoms. The lowest BCUT2D eigenvalue weighted by molar-refractivity contribution is 0.698. The molecule has 0 bridgehead atoms. The lowest BCUT2D eigenvalue weighted by Crippen LogP contribution is -2.07. The van der Waals surface area contributed by atoms with Crippen LogP contribution in [0, 0.1) is 6.57 Å². The SMILES string of the molecule is [C-]#[N+]c1ccc(Cn2cncc2Cn2ccc3ccccc32)cc1. The monoisotopic (exact) mass is 312 g/mol. The maximum atomic E-state index is 7.03. The molecular formula is C20H16N4. The molecule has 0 aliphatic carbocycles. The summed E-state index contributed by atoms with van der Waals surface area (Å²) in [4.78, 5) is 7.75. The van der Waals surface area contributed by atoms with Crippen molar-refractivity contribution in [2.75, 3.05) is 0 Å². The highest BCUT2D eigenvalue weighted by atomic mass is 15.1. The van der Waals surface area contributed by atoms with Crippen molar-refractivity contribution in [3.8, 4) is 0 Å². The fourth-order valence-electron chi connectivity index (χ4n) is 2.95. The van der Waals surface area contributed by atoms with Crippen LogP contribution in [0.15, 0.2) is 73.3 Å². The van der Waals surface area contributed by atoms with Gasteiger partial charge in [-0.05, 0) is 23.1 Å². The average molecular weight is 312 g/mol. The first-order valence-corrected chi connectivity index (χ1v) is 7.83. The quantitative estimate of drug-likeness (QED) is 0.510. The lowest BCUT2D eigenvalue weighted by atomic mass is 10.2. The van der Waals surface area contributed by atoms with Gasteiger partial charge in [0.25, 0.3) is 0 Å². The molecule has 0 saturated heterocycles. The number of para-hydroxylation sites is 1. The Balaban J connectivity index is 1.59. The number of benzene rings is 2. The smallest absolute Gasteiger partial charge is 0.187 e. The Morgan fingerprint density at radius 1 is 0.917 bits per heavy atom. The molecule has 0 fully saturated rings. The van der Waals surface area contributed by atoms with Gasteiger partial charge in [-0.2, -0.15) is 0 Å². The Morgan fingerprint density at radius 2 is 1.75 bits per heavy atom. The van der Waals surface area contributed by atoms with E-state index < -0.39 is 0 Å². The van der Waals surface area contributed by atoms with Crippen LogP contribution in [0.4, 0.5) is 5.69 Å². The summed E-state index contributed by atoms with van der Waals surface area (Å²) in [6.45, 7) is 8.57. The molecule has 4 heteroatoms. The lowest BCUT2D eigenvalue weighted by Gasteiger charge is -2.10.